The zero-order valence-electron chi connectivity index (χ0n) is 21.4. The van der Waals surface area contributed by atoms with Gasteiger partial charge < -0.3 is 20.1 Å². The van der Waals surface area contributed by atoms with Crippen molar-refractivity contribution in [2.75, 3.05) is 12.4 Å². The number of methoxy groups -OCH3 is 1. The van der Waals surface area contributed by atoms with Crippen LogP contribution in [0.4, 0.5) is 5.69 Å². The number of aromatic amines is 1. The summed E-state index contributed by atoms with van der Waals surface area (Å²) in [6.45, 7) is 10.3. The van der Waals surface area contributed by atoms with Crippen molar-refractivity contribution in [2.45, 2.75) is 52.2 Å². The average molecular weight is 499 g/mol. The van der Waals surface area contributed by atoms with Gasteiger partial charge in [-0.2, -0.15) is 0 Å². The van der Waals surface area contributed by atoms with Crippen molar-refractivity contribution < 1.29 is 14.6 Å². The van der Waals surface area contributed by atoms with Gasteiger partial charge in [-0.3, -0.25) is 0 Å². The van der Waals surface area contributed by atoms with Crippen molar-refractivity contribution in [1.82, 2.24) is 4.98 Å². The Morgan fingerprint density at radius 2 is 1.92 bits per heavy atom. The Balaban J connectivity index is 1.82. The molecular formula is C30H30N2O3S. The van der Waals surface area contributed by atoms with Crippen LogP contribution in [0.15, 0.2) is 41.9 Å². The Labute approximate surface area is 215 Å². The van der Waals surface area contributed by atoms with E-state index >= 15 is 0 Å². The highest BCUT2D eigenvalue weighted by atomic mass is 32.1. The summed E-state index contributed by atoms with van der Waals surface area (Å²) in [5.41, 5.74) is 8.42. The third-order valence-corrected chi connectivity index (χ3v) is 8.14. The van der Waals surface area contributed by atoms with E-state index in [2.05, 4.69) is 67.2 Å². The average Bonchev–Trinajstić information content (AvgIpc) is 3.48. The van der Waals surface area contributed by atoms with Crippen LogP contribution < -0.4 is 5.32 Å². The van der Waals surface area contributed by atoms with E-state index in [9.17, 15) is 9.90 Å². The Morgan fingerprint density at radius 1 is 1.14 bits per heavy atom. The van der Waals surface area contributed by atoms with E-state index < -0.39 is 11.6 Å². The highest BCUT2D eigenvalue weighted by Gasteiger charge is 2.40. The number of benzene rings is 2. The molecule has 5 nitrogen and oxygen atoms in total. The van der Waals surface area contributed by atoms with E-state index in [4.69, 9.17) is 4.74 Å². The monoisotopic (exact) mass is 498 g/mol. The number of aliphatic hydroxyl groups excluding tert-OH is 1. The largest absolute Gasteiger partial charge is 0.465 e. The molecule has 184 valence electrons. The molecule has 0 saturated carbocycles. The fourth-order valence-corrected chi connectivity index (χ4v) is 6.06. The van der Waals surface area contributed by atoms with Gasteiger partial charge >= 0.3 is 5.97 Å². The van der Waals surface area contributed by atoms with Crippen molar-refractivity contribution in [3.8, 4) is 23.0 Å². The first-order chi connectivity index (χ1) is 17.1. The van der Waals surface area contributed by atoms with Gasteiger partial charge in [0.25, 0.3) is 0 Å². The Bertz CT molecular complexity index is 1560. The van der Waals surface area contributed by atoms with E-state index in [1.165, 1.54) is 29.4 Å². The first-order valence-electron chi connectivity index (χ1n) is 12.0. The summed E-state index contributed by atoms with van der Waals surface area (Å²) in [6.07, 6.45) is 1.42. The molecule has 0 radical (unpaired) electrons. The molecule has 2 aromatic heterocycles. The third kappa shape index (κ3) is 3.80. The summed E-state index contributed by atoms with van der Waals surface area (Å²) >= 11 is 1.32. The molecule has 0 saturated heterocycles. The zero-order valence-corrected chi connectivity index (χ0v) is 22.2. The molecule has 3 heterocycles. The number of nitrogens with one attached hydrogen (secondary N) is 2. The fraction of sp³-hybridized carbons (Fsp3) is 0.300. The molecule has 3 N–H and O–H groups in total. The molecule has 0 fully saturated rings. The number of thiophene rings is 1. The molecule has 1 aliphatic heterocycles. The number of ether oxygens (including phenoxy) is 1. The first-order valence-corrected chi connectivity index (χ1v) is 12.9. The Kier molecular flexibility index (Phi) is 5.94. The van der Waals surface area contributed by atoms with Gasteiger partial charge in [0.15, 0.2) is 0 Å². The highest BCUT2D eigenvalue weighted by Crippen LogP contribution is 2.46. The minimum atomic E-state index is -0.601. The van der Waals surface area contributed by atoms with Gasteiger partial charge in [0.1, 0.15) is 4.88 Å². The number of hydrogen-bond acceptors (Lipinski definition) is 5. The number of aryl methyl sites for hydroxylation is 2. The van der Waals surface area contributed by atoms with Crippen LogP contribution >= 0.6 is 11.3 Å². The second kappa shape index (κ2) is 8.85. The lowest BCUT2D eigenvalue weighted by Crippen LogP contribution is -2.50. The SMILES string of the molecule is COC(=O)c1sccc1C#Cc1c(-c2cccc3c(C)c[nH]c23)cc(C)c2c1[C@@H](C)[C@H](O)C(C)(C)N2. The number of hydrogen-bond donors (Lipinski definition) is 3. The maximum atomic E-state index is 12.3. The summed E-state index contributed by atoms with van der Waals surface area (Å²) in [5.74, 6) is 6.14. The van der Waals surface area contributed by atoms with Gasteiger partial charge in [0.2, 0.25) is 0 Å². The molecule has 0 aliphatic carbocycles. The molecule has 4 aromatic rings. The maximum Gasteiger partial charge on any atom is 0.349 e. The van der Waals surface area contributed by atoms with Crippen LogP contribution in [-0.2, 0) is 4.74 Å². The van der Waals surface area contributed by atoms with E-state index in [1.807, 2.05) is 31.5 Å². The van der Waals surface area contributed by atoms with Gasteiger partial charge in [-0.25, -0.2) is 4.79 Å². The van der Waals surface area contributed by atoms with Gasteiger partial charge in [0, 0.05) is 39.9 Å². The molecule has 2 atom stereocenters. The van der Waals surface area contributed by atoms with E-state index in [-0.39, 0.29) is 11.9 Å². The summed E-state index contributed by atoms with van der Waals surface area (Å²) < 4.78 is 4.95. The number of aliphatic hydroxyl groups is 1. The lowest BCUT2D eigenvalue weighted by Gasteiger charge is -2.43. The second-order valence-corrected chi connectivity index (χ2v) is 11.0. The number of carbonyl (C=O) groups is 1. The molecule has 0 spiro atoms. The van der Waals surface area contributed by atoms with Crippen molar-refractivity contribution in [1.29, 1.82) is 0 Å². The molecule has 0 amide bonds. The summed E-state index contributed by atoms with van der Waals surface area (Å²) in [4.78, 5) is 16.2. The highest BCUT2D eigenvalue weighted by molar-refractivity contribution is 7.12. The molecule has 2 aromatic carbocycles. The minimum absolute atomic E-state index is 0.147. The standard InChI is InChI=1S/C30H30N2O3S/c1-16-14-23(22-9-7-8-20-17(2)15-31-26(20)22)21(11-10-19-12-13-36-27(19)29(34)35-6)24-18(3)28(33)30(4,5)32-25(16)24/h7-9,12-15,18,28,31-33H,1-6H3/t18-,28+/m1/s1. The zero-order chi connectivity index (χ0) is 25.8. The Hall–Kier alpha value is -3.53. The van der Waals surface area contributed by atoms with Gasteiger partial charge in [0.05, 0.1) is 29.8 Å². The number of carbonyl (C=O) groups excluding carboxylic acids is 1. The van der Waals surface area contributed by atoms with Crippen LogP contribution in [0.3, 0.4) is 0 Å². The molecule has 0 bridgehead atoms. The van der Waals surface area contributed by atoms with Crippen LogP contribution in [0.2, 0.25) is 0 Å². The van der Waals surface area contributed by atoms with Crippen molar-refractivity contribution in [2.24, 2.45) is 0 Å². The van der Waals surface area contributed by atoms with E-state index in [1.54, 1.807) is 0 Å². The lowest BCUT2D eigenvalue weighted by molar-refractivity contribution is 0.0606. The fourth-order valence-electron chi connectivity index (χ4n) is 5.30. The van der Waals surface area contributed by atoms with Crippen LogP contribution in [-0.4, -0.2) is 34.8 Å². The van der Waals surface area contributed by atoms with E-state index in [0.29, 0.717) is 10.4 Å². The topological polar surface area (TPSA) is 74.4 Å². The van der Waals surface area contributed by atoms with Gasteiger partial charge in [-0.1, -0.05) is 37.0 Å². The molecular weight excluding hydrogens is 468 g/mol. The number of anilines is 1. The molecule has 5 rings (SSSR count). The van der Waals surface area contributed by atoms with Crippen LogP contribution in [0.1, 0.15) is 64.2 Å². The number of para-hydroxylation sites is 1. The van der Waals surface area contributed by atoms with Crippen LogP contribution in [0.5, 0.6) is 0 Å². The van der Waals surface area contributed by atoms with Crippen LogP contribution in [0, 0.1) is 25.7 Å². The number of rotatable bonds is 2. The number of esters is 1. The number of H-pyrrole nitrogens is 1. The third-order valence-electron chi connectivity index (χ3n) is 7.25. The summed E-state index contributed by atoms with van der Waals surface area (Å²) in [5, 5.41) is 17.8. The van der Waals surface area contributed by atoms with Crippen molar-refractivity contribution in [3.05, 3.63) is 74.6 Å². The van der Waals surface area contributed by atoms with Crippen molar-refractivity contribution >= 4 is 33.9 Å². The molecule has 36 heavy (non-hydrogen) atoms. The summed E-state index contributed by atoms with van der Waals surface area (Å²) in [7, 11) is 1.38. The Morgan fingerprint density at radius 3 is 2.67 bits per heavy atom. The molecule has 0 unspecified atom stereocenters. The predicted octanol–water partition coefficient (Wildman–Crippen LogP) is 6.37. The van der Waals surface area contributed by atoms with Gasteiger partial charge in [-0.05, 0) is 61.9 Å². The number of aromatic nitrogens is 1. The quantitative estimate of drug-likeness (QED) is 0.222. The number of fused-ring (bicyclic) bond motifs is 2. The minimum Gasteiger partial charge on any atom is -0.465 e. The van der Waals surface area contributed by atoms with Crippen molar-refractivity contribution in [3.63, 3.8) is 0 Å². The molecule has 6 heteroatoms. The first kappa shape index (κ1) is 24.2. The maximum absolute atomic E-state index is 12.3. The molecule has 1 aliphatic rings. The van der Waals surface area contributed by atoms with E-state index in [0.717, 1.165) is 39.0 Å². The smallest absolute Gasteiger partial charge is 0.349 e. The second-order valence-electron chi connectivity index (χ2n) is 10.1. The summed E-state index contributed by atoms with van der Waals surface area (Å²) in [6, 6.07) is 10.3. The van der Waals surface area contributed by atoms with Crippen LogP contribution in [0.25, 0.3) is 22.0 Å². The predicted molar refractivity (Wildman–Crippen MR) is 147 cm³/mol. The normalized spacial score (nSPS) is 18.2. The lowest BCUT2D eigenvalue weighted by atomic mass is 9.75. The van der Waals surface area contributed by atoms with Gasteiger partial charge in [-0.15, -0.1) is 11.3 Å².